The molecule has 0 fully saturated rings. The molecule has 10 heteroatoms. The number of benzene rings is 5. The molecule has 0 unspecified atom stereocenters. The first kappa shape index (κ1) is 29.5. The van der Waals surface area contributed by atoms with Crippen molar-refractivity contribution in [1.82, 2.24) is 43.2 Å². The van der Waals surface area contributed by atoms with Crippen LogP contribution in [0.25, 0.3) is 100 Å². The van der Waals surface area contributed by atoms with Crippen molar-refractivity contribution in [3.05, 3.63) is 158 Å². The summed E-state index contributed by atoms with van der Waals surface area (Å²) in [6, 6.07) is 45.5. The molecule has 9 heterocycles. The summed E-state index contributed by atoms with van der Waals surface area (Å²) in [6.07, 6.45) is 9.07. The third kappa shape index (κ3) is 3.54. The number of hydrogen-bond donors (Lipinski definition) is 0. The van der Waals surface area contributed by atoms with Crippen LogP contribution in [-0.4, -0.2) is 49.9 Å². The molecule has 12 aromatic rings. The smallest absolute Gasteiger partial charge is 0.252 e. The lowest BCUT2D eigenvalue weighted by molar-refractivity contribution is 1.03. The number of nitrogens with zero attached hydrogens (tertiary/aromatic N) is 9. The van der Waals surface area contributed by atoms with Crippen molar-refractivity contribution in [3.8, 4) is 34.0 Å². The van der Waals surface area contributed by atoms with Gasteiger partial charge in [-0.2, -0.15) is 0 Å². The first-order chi connectivity index (χ1) is 28.3. The average molecular weight is 728 g/mol. The molecule has 0 aliphatic carbocycles. The highest BCUT2D eigenvalue weighted by Crippen LogP contribution is 2.45. The van der Waals surface area contributed by atoms with Crippen molar-refractivity contribution in [2.75, 3.05) is 0 Å². The zero-order valence-corrected chi connectivity index (χ0v) is 30.1. The van der Waals surface area contributed by atoms with Gasteiger partial charge < -0.3 is 0 Å². The molecule has 0 saturated carbocycles. The van der Waals surface area contributed by atoms with Crippen LogP contribution < -0.4 is 16.4 Å². The van der Waals surface area contributed by atoms with Crippen molar-refractivity contribution in [1.29, 1.82) is 0 Å². The number of rotatable bonds is 3. The van der Waals surface area contributed by atoms with E-state index >= 15 is 0 Å². The summed E-state index contributed by atoms with van der Waals surface area (Å²) in [5, 5.41) is 4.51. The number of aromatic nitrogens is 9. The summed E-state index contributed by atoms with van der Waals surface area (Å²) in [4.78, 5) is 24.9. The minimum Gasteiger partial charge on any atom is -0.296 e. The van der Waals surface area contributed by atoms with Gasteiger partial charge in [-0.05, 0) is 64.9 Å². The average Bonchev–Trinajstić information content (AvgIpc) is 4.00. The fourth-order valence-electron chi connectivity index (χ4n) is 10.2. The summed E-state index contributed by atoms with van der Waals surface area (Å²) in [5.41, 5.74) is 17.9. The molecular weight excluding hydrogens is 701 g/mol. The van der Waals surface area contributed by atoms with Crippen molar-refractivity contribution in [3.63, 3.8) is 0 Å². The molecule has 9 nitrogen and oxygen atoms in total. The van der Waals surface area contributed by atoms with Crippen LogP contribution >= 0.6 is 0 Å². The Bertz CT molecular complexity index is 3470. The van der Waals surface area contributed by atoms with Crippen LogP contribution in [0.5, 0.6) is 0 Å². The molecule has 5 aromatic carbocycles. The maximum Gasteiger partial charge on any atom is 0.252 e. The number of para-hydroxylation sites is 4. The third-order valence-corrected chi connectivity index (χ3v) is 12.2. The second-order valence-electron chi connectivity index (χ2n) is 14.9. The van der Waals surface area contributed by atoms with Crippen LogP contribution in [0.15, 0.2) is 158 Å². The van der Waals surface area contributed by atoms with Gasteiger partial charge in [-0.3, -0.25) is 33.2 Å². The number of fused-ring (bicyclic) bond motifs is 14. The molecule has 2 aliphatic rings. The Kier molecular flexibility index (Phi) is 5.42. The molecular formula is C47H26BN9. The second kappa shape index (κ2) is 10.5. The molecule has 0 bridgehead atoms. The standard InChI is InChI=1S/C47H26BN9/c1-3-11-28(12-4-1)54-44-40(50-21-23-52-44)37-30-15-9-17-32-42(30)56(46(37)54)35-25-27(34-19-7-8-20-49-34)26-36-39(35)48(32)33-18-10-16-31-38-41-45(53-24-22-51-41)55(29-13-5-2-6-14-29)47(38)57(36)43(31)33/h1-26H. The van der Waals surface area contributed by atoms with Gasteiger partial charge in [0.25, 0.3) is 6.71 Å². The van der Waals surface area contributed by atoms with E-state index in [1.165, 1.54) is 27.4 Å². The number of hydrogen-bond acceptors (Lipinski definition) is 5. The normalized spacial score (nSPS) is 12.9. The fourth-order valence-corrected chi connectivity index (χ4v) is 10.2. The van der Waals surface area contributed by atoms with Gasteiger partial charge in [0.05, 0.1) is 27.5 Å². The Morgan fingerprint density at radius 3 is 1.44 bits per heavy atom. The molecule has 262 valence electrons. The summed E-state index contributed by atoms with van der Waals surface area (Å²) in [7, 11) is 0. The predicted octanol–water partition coefficient (Wildman–Crippen LogP) is 7.55. The van der Waals surface area contributed by atoms with E-state index in [4.69, 9.17) is 24.9 Å². The van der Waals surface area contributed by atoms with Gasteiger partial charge in [-0.15, -0.1) is 0 Å². The topological polar surface area (TPSA) is 84.2 Å². The summed E-state index contributed by atoms with van der Waals surface area (Å²) in [6.45, 7) is -0.0387. The summed E-state index contributed by atoms with van der Waals surface area (Å²) < 4.78 is 9.55. The van der Waals surface area contributed by atoms with E-state index in [2.05, 4.69) is 140 Å². The third-order valence-electron chi connectivity index (χ3n) is 12.2. The van der Waals surface area contributed by atoms with Gasteiger partial charge in [-0.25, -0.2) is 9.97 Å². The minimum absolute atomic E-state index is 0.0387. The quantitative estimate of drug-likeness (QED) is 0.176. The Labute approximate surface area is 323 Å². The van der Waals surface area contributed by atoms with E-state index in [-0.39, 0.29) is 6.71 Å². The highest BCUT2D eigenvalue weighted by Gasteiger charge is 2.43. The molecule has 57 heavy (non-hydrogen) atoms. The van der Waals surface area contributed by atoms with Gasteiger partial charge in [-0.1, -0.05) is 78.9 Å². The maximum absolute atomic E-state index is 5.02. The largest absolute Gasteiger partial charge is 0.296 e. The first-order valence-electron chi connectivity index (χ1n) is 19.1. The molecule has 2 aliphatic heterocycles. The fraction of sp³-hybridized carbons (Fsp3) is 0. The van der Waals surface area contributed by atoms with Gasteiger partial charge in [0.15, 0.2) is 11.3 Å². The van der Waals surface area contributed by atoms with Crippen molar-refractivity contribution < 1.29 is 0 Å². The Balaban J connectivity index is 1.24. The predicted molar refractivity (Wildman–Crippen MR) is 228 cm³/mol. The van der Waals surface area contributed by atoms with E-state index < -0.39 is 0 Å². The monoisotopic (exact) mass is 727 g/mol. The molecule has 0 spiro atoms. The lowest BCUT2D eigenvalue weighted by atomic mass is 9.34. The van der Waals surface area contributed by atoms with Crippen LogP contribution in [0, 0.1) is 0 Å². The maximum atomic E-state index is 5.02. The Hall–Kier alpha value is -7.85. The highest BCUT2D eigenvalue weighted by molar-refractivity contribution is 7.00. The molecule has 14 rings (SSSR count). The number of pyridine rings is 1. The Morgan fingerprint density at radius 2 is 0.930 bits per heavy atom. The van der Waals surface area contributed by atoms with E-state index in [1.807, 2.05) is 12.3 Å². The van der Waals surface area contributed by atoms with Crippen molar-refractivity contribution in [2.45, 2.75) is 0 Å². The van der Waals surface area contributed by atoms with Gasteiger partial charge in [0.2, 0.25) is 0 Å². The summed E-state index contributed by atoms with van der Waals surface area (Å²) >= 11 is 0. The molecule has 0 amide bonds. The van der Waals surface area contributed by atoms with E-state index in [0.717, 1.165) is 89.2 Å². The van der Waals surface area contributed by atoms with Crippen LogP contribution in [0.3, 0.4) is 0 Å². The second-order valence-corrected chi connectivity index (χ2v) is 14.9. The van der Waals surface area contributed by atoms with Gasteiger partial charge >= 0.3 is 0 Å². The lowest BCUT2D eigenvalue weighted by Gasteiger charge is -2.34. The minimum atomic E-state index is -0.0387. The van der Waals surface area contributed by atoms with E-state index in [0.29, 0.717) is 0 Å². The van der Waals surface area contributed by atoms with Crippen LogP contribution in [-0.2, 0) is 0 Å². The van der Waals surface area contributed by atoms with Crippen molar-refractivity contribution in [2.24, 2.45) is 0 Å². The summed E-state index contributed by atoms with van der Waals surface area (Å²) in [5.74, 6) is 0. The van der Waals surface area contributed by atoms with Crippen LogP contribution in [0.1, 0.15) is 0 Å². The highest BCUT2D eigenvalue weighted by atomic mass is 15.2. The van der Waals surface area contributed by atoms with Gasteiger partial charge in [0.1, 0.15) is 22.3 Å². The van der Waals surface area contributed by atoms with Crippen LogP contribution in [0.4, 0.5) is 0 Å². The molecule has 0 atom stereocenters. The van der Waals surface area contributed by atoms with Gasteiger partial charge in [0, 0.05) is 70.1 Å². The van der Waals surface area contributed by atoms with E-state index in [1.54, 1.807) is 24.8 Å². The zero-order chi connectivity index (χ0) is 36.9. The molecule has 0 N–H and O–H groups in total. The molecule has 7 aromatic heterocycles. The molecule has 0 radical (unpaired) electrons. The Morgan fingerprint density at radius 1 is 0.421 bits per heavy atom. The zero-order valence-electron chi connectivity index (χ0n) is 30.1. The van der Waals surface area contributed by atoms with Crippen LogP contribution in [0.2, 0.25) is 0 Å². The SMILES string of the molecule is c1ccc(-n2c3nccnc3c3c4cccc5c4n(c32)-c2cc(-c3ccccn3)cc3c2B5c2cccc4c5c6nccnc6n(-c6ccccc6)c5n-3c24)cc1. The first-order valence-corrected chi connectivity index (χ1v) is 19.1. The van der Waals surface area contributed by atoms with E-state index in [9.17, 15) is 0 Å². The molecule has 0 saturated heterocycles. The van der Waals surface area contributed by atoms with Crippen molar-refractivity contribution >= 4 is 89.3 Å². The lowest BCUT2D eigenvalue weighted by Crippen LogP contribution is -2.59.